The predicted molar refractivity (Wildman–Crippen MR) is 92.2 cm³/mol. The van der Waals surface area contributed by atoms with Crippen LogP contribution in [0.5, 0.6) is 0 Å². The number of benzene rings is 2. The maximum Gasteiger partial charge on any atom is 0.255 e. The molecule has 21 heavy (non-hydrogen) atoms. The van der Waals surface area contributed by atoms with Crippen molar-refractivity contribution < 1.29 is 4.79 Å². The van der Waals surface area contributed by atoms with E-state index in [4.69, 9.17) is 0 Å². The van der Waals surface area contributed by atoms with Crippen molar-refractivity contribution in [3.63, 3.8) is 0 Å². The summed E-state index contributed by atoms with van der Waals surface area (Å²) in [7, 11) is 0. The lowest BCUT2D eigenvalue weighted by Gasteiger charge is -2.19. The number of carbonyl (C=O) groups excluding carboxylic acids is 1. The fourth-order valence-electron chi connectivity index (χ4n) is 2.06. The molecule has 1 amide bonds. The molecule has 0 aliphatic carbocycles. The molecule has 1 N–H and O–H groups in total. The molecule has 0 aliphatic heterocycles. The van der Waals surface area contributed by atoms with Gasteiger partial charge < -0.3 is 5.32 Å². The first-order chi connectivity index (χ1) is 9.90. The van der Waals surface area contributed by atoms with E-state index in [2.05, 4.69) is 42.0 Å². The van der Waals surface area contributed by atoms with Crippen LogP contribution in [0.25, 0.3) is 0 Å². The largest absolute Gasteiger partial charge is 0.322 e. The third kappa shape index (κ3) is 4.18. The molecule has 110 valence electrons. The highest BCUT2D eigenvalue weighted by molar-refractivity contribution is 9.08. The van der Waals surface area contributed by atoms with Crippen LogP contribution < -0.4 is 5.32 Å². The van der Waals surface area contributed by atoms with Crippen molar-refractivity contribution in [2.24, 2.45) is 0 Å². The second-order valence-corrected chi connectivity index (χ2v) is 6.68. The standard InChI is InChI=1S/C18H20BrNO/c1-18(2,3)15-9-7-14(8-10-15)17(21)20-16-6-4-5-13(11-16)12-19/h4-11H,12H2,1-3H3,(H,20,21). The van der Waals surface area contributed by atoms with Gasteiger partial charge in [0, 0.05) is 16.6 Å². The number of amides is 1. The third-order valence-electron chi connectivity index (χ3n) is 3.35. The molecule has 0 saturated carbocycles. The van der Waals surface area contributed by atoms with E-state index in [-0.39, 0.29) is 11.3 Å². The Labute approximate surface area is 134 Å². The first kappa shape index (κ1) is 15.8. The van der Waals surface area contributed by atoms with Gasteiger partial charge in [-0.3, -0.25) is 4.79 Å². The number of carbonyl (C=O) groups is 1. The van der Waals surface area contributed by atoms with E-state index in [1.807, 2.05) is 48.5 Å². The molecule has 0 unspecified atom stereocenters. The monoisotopic (exact) mass is 345 g/mol. The molecule has 2 aromatic rings. The lowest BCUT2D eigenvalue weighted by Crippen LogP contribution is -2.14. The molecular formula is C18H20BrNO. The molecule has 0 aromatic heterocycles. The summed E-state index contributed by atoms with van der Waals surface area (Å²) in [6, 6.07) is 15.6. The zero-order valence-corrected chi connectivity index (χ0v) is 14.2. The Hall–Kier alpha value is -1.61. The van der Waals surface area contributed by atoms with Crippen LogP contribution in [0, 0.1) is 0 Å². The average Bonchev–Trinajstić information content (AvgIpc) is 2.46. The summed E-state index contributed by atoms with van der Waals surface area (Å²) in [6.45, 7) is 6.48. The smallest absolute Gasteiger partial charge is 0.255 e. The molecule has 2 nitrogen and oxygen atoms in total. The summed E-state index contributed by atoms with van der Waals surface area (Å²) in [5, 5.41) is 3.71. The maximum atomic E-state index is 12.3. The molecule has 0 saturated heterocycles. The van der Waals surface area contributed by atoms with Crippen LogP contribution in [0.15, 0.2) is 48.5 Å². The number of anilines is 1. The molecule has 0 aliphatic rings. The van der Waals surface area contributed by atoms with Gasteiger partial charge in [-0.15, -0.1) is 0 Å². The Morgan fingerprint density at radius 2 is 1.76 bits per heavy atom. The normalized spacial score (nSPS) is 11.2. The number of hydrogen-bond donors (Lipinski definition) is 1. The number of rotatable bonds is 3. The number of halogens is 1. The van der Waals surface area contributed by atoms with Crippen molar-refractivity contribution in [3.05, 3.63) is 65.2 Å². The SMILES string of the molecule is CC(C)(C)c1ccc(C(=O)Nc2cccc(CBr)c2)cc1. The molecule has 0 heterocycles. The van der Waals surface area contributed by atoms with Gasteiger partial charge in [0.05, 0.1) is 0 Å². The van der Waals surface area contributed by atoms with Gasteiger partial charge in [-0.1, -0.05) is 61.0 Å². The third-order valence-corrected chi connectivity index (χ3v) is 4.00. The van der Waals surface area contributed by atoms with Crippen LogP contribution in [0.1, 0.15) is 42.3 Å². The second kappa shape index (κ2) is 6.44. The van der Waals surface area contributed by atoms with E-state index in [9.17, 15) is 4.79 Å². The van der Waals surface area contributed by atoms with Gasteiger partial charge in [0.2, 0.25) is 0 Å². The van der Waals surface area contributed by atoms with E-state index < -0.39 is 0 Å². The van der Waals surface area contributed by atoms with Gasteiger partial charge >= 0.3 is 0 Å². The van der Waals surface area contributed by atoms with E-state index in [1.165, 1.54) is 5.56 Å². The van der Waals surface area contributed by atoms with Crippen LogP contribution in [-0.2, 0) is 10.7 Å². The molecule has 2 rings (SSSR count). The Morgan fingerprint density at radius 1 is 1.10 bits per heavy atom. The quantitative estimate of drug-likeness (QED) is 0.767. The summed E-state index contributed by atoms with van der Waals surface area (Å²) in [4.78, 5) is 12.3. The maximum absolute atomic E-state index is 12.3. The van der Waals surface area contributed by atoms with Crippen molar-refractivity contribution in [3.8, 4) is 0 Å². The first-order valence-corrected chi connectivity index (χ1v) is 8.09. The van der Waals surface area contributed by atoms with Crippen molar-refractivity contribution >= 4 is 27.5 Å². The van der Waals surface area contributed by atoms with Crippen LogP contribution in [0.4, 0.5) is 5.69 Å². The first-order valence-electron chi connectivity index (χ1n) is 6.97. The lowest BCUT2D eigenvalue weighted by molar-refractivity contribution is 0.102. The van der Waals surface area contributed by atoms with E-state index >= 15 is 0 Å². The summed E-state index contributed by atoms with van der Waals surface area (Å²) < 4.78 is 0. The molecular weight excluding hydrogens is 326 g/mol. The van der Waals surface area contributed by atoms with Gasteiger partial charge in [0.15, 0.2) is 0 Å². The Balaban J connectivity index is 2.13. The van der Waals surface area contributed by atoms with Gasteiger partial charge in [-0.25, -0.2) is 0 Å². The topological polar surface area (TPSA) is 29.1 Å². The second-order valence-electron chi connectivity index (χ2n) is 6.12. The molecule has 0 fully saturated rings. The Kier molecular flexibility index (Phi) is 4.84. The summed E-state index contributed by atoms with van der Waals surface area (Å²) in [6.07, 6.45) is 0. The highest BCUT2D eigenvalue weighted by Crippen LogP contribution is 2.22. The van der Waals surface area contributed by atoms with Crippen LogP contribution >= 0.6 is 15.9 Å². The van der Waals surface area contributed by atoms with Gasteiger partial charge in [0.25, 0.3) is 5.91 Å². The summed E-state index contributed by atoms with van der Waals surface area (Å²) in [5.41, 5.74) is 3.94. The number of alkyl halides is 1. The fourth-order valence-corrected chi connectivity index (χ4v) is 2.41. The van der Waals surface area contributed by atoms with Gasteiger partial charge in [-0.05, 0) is 40.8 Å². The minimum absolute atomic E-state index is 0.0813. The average molecular weight is 346 g/mol. The van der Waals surface area contributed by atoms with E-state index in [0.29, 0.717) is 5.56 Å². The highest BCUT2D eigenvalue weighted by Gasteiger charge is 2.14. The minimum Gasteiger partial charge on any atom is -0.322 e. The molecule has 0 spiro atoms. The van der Waals surface area contributed by atoms with Gasteiger partial charge in [-0.2, -0.15) is 0 Å². The minimum atomic E-state index is -0.0813. The predicted octanol–water partition coefficient (Wildman–Crippen LogP) is 5.13. The molecule has 0 atom stereocenters. The van der Waals surface area contributed by atoms with Crippen LogP contribution in [-0.4, -0.2) is 5.91 Å². The summed E-state index contributed by atoms with van der Waals surface area (Å²) >= 11 is 3.42. The molecule has 0 bridgehead atoms. The molecule has 0 radical (unpaired) electrons. The zero-order chi connectivity index (χ0) is 15.5. The van der Waals surface area contributed by atoms with Crippen LogP contribution in [0.2, 0.25) is 0 Å². The highest BCUT2D eigenvalue weighted by atomic mass is 79.9. The van der Waals surface area contributed by atoms with Gasteiger partial charge in [0.1, 0.15) is 0 Å². The fraction of sp³-hybridized carbons (Fsp3) is 0.278. The summed E-state index contributed by atoms with van der Waals surface area (Å²) in [5.74, 6) is -0.0813. The Morgan fingerprint density at radius 3 is 2.33 bits per heavy atom. The van der Waals surface area contributed by atoms with E-state index in [1.54, 1.807) is 0 Å². The lowest BCUT2D eigenvalue weighted by atomic mass is 9.87. The van der Waals surface area contributed by atoms with Crippen molar-refractivity contribution in [1.82, 2.24) is 0 Å². The zero-order valence-electron chi connectivity index (χ0n) is 12.6. The van der Waals surface area contributed by atoms with E-state index in [0.717, 1.165) is 16.6 Å². The van der Waals surface area contributed by atoms with Crippen molar-refractivity contribution in [2.45, 2.75) is 31.5 Å². The number of nitrogens with one attached hydrogen (secondary N) is 1. The van der Waals surface area contributed by atoms with Crippen molar-refractivity contribution in [2.75, 3.05) is 5.32 Å². The van der Waals surface area contributed by atoms with Crippen LogP contribution in [0.3, 0.4) is 0 Å². The van der Waals surface area contributed by atoms with Crippen molar-refractivity contribution in [1.29, 1.82) is 0 Å². The Bertz CT molecular complexity index is 626. The molecule has 2 aromatic carbocycles. The number of hydrogen-bond acceptors (Lipinski definition) is 1. The molecule has 3 heteroatoms.